The van der Waals surface area contributed by atoms with E-state index in [-0.39, 0.29) is 12.1 Å². The van der Waals surface area contributed by atoms with Crippen LogP contribution in [0.25, 0.3) is 0 Å². The van der Waals surface area contributed by atoms with E-state index in [1.54, 1.807) is 6.08 Å². The summed E-state index contributed by atoms with van der Waals surface area (Å²) in [4.78, 5) is 11.3. The molecule has 4 atom stereocenters. The fourth-order valence-electron chi connectivity index (χ4n) is 3.47. The molecule has 1 saturated carbocycles. The van der Waals surface area contributed by atoms with Gasteiger partial charge in [-0.3, -0.25) is 0 Å². The molecule has 3 rings (SSSR count). The van der Waals surface area contributed by atoms with Crippen LogP contribution < -0.4 is 0 Å². The monoisotopic (exact) mass is 266 g/mol. The first kappa shape index (κ1) is 13.1. The lowest BCUT2D eigenvalue weighted by Crippen LogP contribution is -2.32. The number of carbonyl (C=O) groups excluding carboxylic acids is 1. The van der Waals surface area contributed by atoms with E-state index in [0.29, 0.717) is 24.9 Å². The highest BCUT2D eigenvalue weighted by atomic mass is 16.7. The largest absolute Gasteiger partial charge is 0.459 e. The van der Waals surface area contributed by atoms with Gasteiger partial charge in [0.1, 0.15) is 12.9 Å². The van der Waals surface area contributed by atoms with Gasteiger partial charge in [0.05, 0.1) is 12.2 Å². The molecule has 19 heavy (non-hydrogen) atoms. The first-order valence-corrected chi connectivity index (χ1v) is 7.31. The first-order valence-electron chi connectivity index (χ1n) is 7.31. The van der Waals surface area contributed by atoms with Crippen LogP contribution in [0.2, 0.25) is 0 Å². The van der Waals surface area contributed by atoms with Gasteiger partial charge in [0, 0.05) is 12.5 Å². The maximum atomic E-state index is 11.3. The van der Waals surface area contributed by atoms with Crippen LogP contribution >= 0.6 is 0 Å². The molecule has 1 aliphatic carbocycles. The van der Waals surface area contributed by atoms with Gasteiger partial charge in [-0.2, -0.15) is 0 Å². The van der Waals surface area contributed by atoms with E-state index in [1.807, 2.05) is 6.92 Å². The summed E-state index contributed by atoms with van der Waals surface area (Å²) in [7, 11) is 0. The maximum Gasteiger partial charge on any atom is 0.330 e. The van der Waals surface area contributed by atoms with E-state index in [1.165, 1.54) is 6.42 Å². The molecule has 1 saturated heterocycles. The highest BCUT2D eigenvalue weighted by Gasteiger charge is 2.36. The van der Waals surface area contributed by atoms with Crippen molar-refractivity contribution in [1.82, 2.24) is 0 Å². The molecule has 3 aliphatic rings. The quantitative estimate of drug-likeness (QED) is 0.736. The average molecular weight is 266 g/mol. The second-order valence-corrected chi connectivity index (χ2v) is 6.04. The van der Waals surface area contributed by atoms with Crippen molar-refractivity contribution in [3.63, 3.8) is 0 Å². The zero-order valence-electron chi connectivity index (χ0n) is 11.5. The lowest BCUT2D eigenvalue weighted by Gasteiger charge is -2.30. The molecule has 4 unspecified atom stereocenters. The molecule has 4 heteroatoms. The number of hydrogen-bond donors (Lipinski definition) is 0. The van der Waals surface area contributed by atoms with Crippen molar-refractivity contribution in [2.75, 3.05) is 6.79 Å². The summed E-state index contributed by atoms with van der Waals surface area (Å²) in [6.07, 6.45) is 8.71. The van der Waals surface area contributed by atoms with Crippen molar-refractivity contribution in [3.8, 4) is 0 Å². The minimum absolute atomic E-state index is 0.0796. The average Bonchev–Trinajstić information content (AvgIpc) is 2.82. The van der Waals surface area contributed by atoms with E-state index in [4.69, 9.17) is 14.2 Å². The van der Waals surface area contributed by atoms with Crippen molar-refractivity contribution >= 4 is 5.97 Å². The Balaban J connectivity index is 1.45. The molecular weight excluding hydrogens is 244 g/mol. The smallest absolute Gasteiger partial charge is 0.330 e. The van der Waals surface area contributed by atoms with Crippen molar-refractivity contribution in [2.24, 2.45) is 5.92 Å². The molecule has 106 valence electrons. The first-order chi connectivity index (χ1) is 9.20. The summed E-state index contributed by atoms with van der Waals surface area (Å²) in [5.74, 6) is 0.512. The summed E-state index contributed by atoms with van der Waals surface area (Å²) in [5.41, 5.74) is 1.14. The molecule has 0 aromatic heterocycles. The molecule has 2 fully saturated rings. The second-order valence-electron chi connectivity index (χ2n) is 6.04. The molecule has 2 heterocycles. The topological polar surface area (TPSA) is 44.8 Å². The molecule has 0 amide bonds. The summed E-state index contributed by atoms with van der Waals surface area (Å²) in [6.45, 7) is 2.47. The number of cyclic esters (lactones) is 1. The molecule has 0 radical (unpaired) electrons. The Morgan fingerprint density at radius 1 is 1.21 bits per heavy atom. The lowest BCUT2D eigenvalue weighted by atomic mass is 9.82. The van der Waals surface area contributed by atoms with Gasteiger partial charge < -0.3 is 14.2 Å². The maximum absolute atomic E-state index is 11.3. The minimum Gasteiger partial charge on any atom is -0.459 e. The molecular formula is C15H22O4. The van der Waals surface area contributed by atoms with E-state index in [9.17, 15) is 4.79 Å². The molecule has 0 aromatic rings. The van der Waals surface area contributed by atoms with Crippen molar-refractivity contribution < 1.29 is 19.0 Å². The Hall–Kier alpha value is -0.870. The Labute approximate surface area is 114 Å². The van der Waals surface area contributed by atoms with Gasteiger partial charge in [-0.05, 0) is 44.9 Å². The highest BCUT2D eigenvalue weighted by Crippen LogP contribution is 2.35. The van der Waals surface area contributed by atoms with E-state index < -0.39 is 0 Å². The van der Waals surface area contributed by atoms with Crippen LogP contribution in [0.15, 0.2) is 11.6 Å². The molecule has 0 bridgehead atoms. The van der Waals surface area contributed by atoms with Crippen LogP contribution in [0.3, 0.4) is 0 Å². The van der Waals surface area contributed by atoms with Crippen molar-refractivity contribution in [2.45, 2.75) is 63.8 Å². The number of fused-ring (bicyclic) bond motifs is 1. The predicted octanol–water partition coefficient (Wildman–Crippen LogP) is 2.57. The van der Waals surface area contributed by atoms with Gasteiger partial charge in [-0.15, -0.1) is 0 Å². The van der Waals surface area contributed by atoms with Gasteiger partial charge >= 0.3 is 5.97 Å². The SMILES string of the molecule is CC1=CC(=O)OC(CCC2CCC3OCOC3C2)C1. The normalized spacial score (nSPS) is 38.6. The number of carbonyl (C=O) groups is 1. The van der Waals surface area contributed by atoms with Crippen LogP contribution in [0.4, 0.5) is 0 Å². The zero-order valence-corrected chi connectivity index (χ0v) is 11.5. The fourth-order valence-corrected chi connectivity index (χ4v) is 3.47. The third-order valence-corrected chi connectivity index (χ3v) is 4.50. The third kappa shape index (κ3) is 3.18. The molecule has 0 N–H and O–H groups in total. The predicted molar refractivity (Wildman–Crippen MR) is 69.4 cm³/mol. The summed E-state index contributed by atoms with van der Waals surface area (Å²) in [6, 6.07) is 0. The van der Waals surface area contributed by atoms with E-state index >= 15 is 0 Å². The standard InChI is InChI=1S/C15H22O4/c1-10-6-12(19-15(16)7-10)4-2-11-3-5-13-14(8-11)18-9-17-13/h7,11-14H,2-6,8-9H2,1H3. The van der Waals surface area contributed by atoms with Crippen LogP contribution in [0.5, 0.6) is 0 Å². The van der Waals surface area contributed by atoms with Gasteiger partial charge in [0.15, 0.2) is 0 Å². The van der Waals surface area contributed by atoms with Gasteiger partial charge in [-0.1, -0.05) is 5.57 Å². The Morgan fingerprint density at radius 2 is 2.05 bits per heavy atom. The summed E-state index contributed by atoms with van der Waals surface area (Å²) in [5, 5.41) is 0. The summed E-state index contributed by atoms with van der Waals surface area (Å²) >= 11 is 0. The molecule has 0 spiro atoms. The molecule has 0 aromatic carbocycles. The minimum atomic E-state index is -0.176. The van der Waals surface area contributed by atoms with Crippen molar-refractivity contribution in [3.05, 3.63) is 11.6 Å². The Kier molecular flexibility index (Phi) is 3.89. The fraction of sp³-hybridized carbons (Fsp3) is 0.800. The van der Waals surface area contributed by atoms with E-state index in [2.05, 4.69) is 0 Å². The zero-order chi connectivity index (χ0) is 13.2. The molecule has 4 nitrogen and oxygen atoms in total. The second kappa shape index (κ2) is 5.63. The highest BCUT2D eigenvalue weighted by molar-refractivity contribution is 5.83. The number of rotatable bonds is 3. The summed E-state index contributed by atoms with van der Waals surface area (Å²) < 4.78 is 16.5. The van der Waals surface area contributed by atoms with Crippen molar-refractivity contribution in [1.29, 1.82) is 0 Å². The van der Waals surface area contributed by atoms with Crippen LogP contribution in [-0.4, -0.2) is 31.1 Å². The third-order valence-electron chi connectivity index (χ3n) is 4.50. The Bertz CT molecular complexity index is 376. The van der Waals surface area contributed by atoms with Gasteiger partial charge in [0.25, 0.3) is 0 Å². The number of esters is 1. The van der Waals surface area contributed by atoms with E-state index in [0.717, 1.165) is 37.7 Å². The lowest BCUT2D eigenvalue weighted by molar-refractivity contribution is -0.144. The van der Waals surface area contributed by atoms with Gasteiger partial charge in [0.2, 0.25) is 0 Å². The van der Waals surface area contributed by atoms with Crippen LogP contribution in [0.1, 0.15) is 45.4 Å². The van der Waals surface area contributed by atoms with Crippen LogP contribution in [0, 0.1) is 5.92 Å². The number of hydrogen-bond acceptors (Lipinski definition) is 4. The van der Waals surface area contributed by atoms with Gasteiger partial charge in [-0.25, -0.2) is 4.79 Å². The Morgan fingerprint density at radius 3 is 2.89 bits per heavy atom. The number of ether oxygens (including phenoxy) is 3. The molecule has 2 aliphatic heterocycles. The van der Waals surface area contributed by atoms with Crippen LogP contribution in [-0.2, 0) is 19.0 Å².